The van der Waals surface area contributed by atoms with Gasteiger partial charge in [-0.1, -0.05) is 47.2 Å². The van der Waals surface area contributed by atoms with Crippen LogP contribution in [0.5, 0.6) is 11.5 Å². The first kappa shape index (κ1) is 21.2. The average molecular weight is 453 g/mol. The maximum atomic E-state index is 13.6. The van der Waals surface area contributed by atoms with Gasteiger partial charge in [0.05, 0.1) is 36.5 Å². The normalized spacial score (nSPS) is 10.8. The second-order valence-electron chi connectivity index (χ2n) is 6.94. The highest BCUT2D eigenvalue weighted by molar-refractivity contribution is 7.22. The van der Waals surface area contributed by atoms with Crippen molar-refractivity contribution in [3.63, 3.8) is 0 Å². The molecule has 1 heterocycles. The molecule has 0 atom stereocenters. The lowest BCUT2D eigenvalue weighted by atomic mass is 10.1. The van der Waals surface area contributed by atoms with E-state index in [9.17, 15) is 4.79 Å². The van der Waals surface area contributed by atoms with Crippen LogP contribution < -0.4 is 14.4 Å². The second-order valence-corrected chi connectivity index (χ2v) is 8.36. The van der Waals surface area contributed by atoms with E-state index in [0.717, 1.165) is 27.0 Å². The SMILES string of the molecule is COc1ccc(CC(=O)N(c2nc3ccccc3s2)c2cccc(Cl)c2C)cc1OC. The molecule has 1 amide bonds. The Kier molecular flexibility index (Phi) is 6.11. The number of amides is 1. The summed E-state index contributed by atoms with van der Waals surface area (Å²) in [7, 11) is 3.16. The number of ether oxygens (including phenoxy) is 2. The largest absolute Gasteiger partial charge is 0.493 e. The van der Waals surface area contributed by atoms with E-state index in [0.29, 0.717) is 21.7 Å². The highest BCUT2D eigenvalue weighted by Crippen LogP contribution is 2.37. The Hall–Kier alpha value is -3.09. The van der Waals surface area contributed by atoms with Crippen LogP contribution in [0.4, 0.5) is 10.8 Å². The van der Waals surface area contributed by atoms with Crippen molar-refractivity contribution in [2.75, 3.05) is 19.1 Å². The molecule has 3 aromatic carbocycles. The number of methoxy groups -OCH3 is 2. The first-order valence-corrected chi connectivity index (χ1v) is 10.9. The topological polar surface area (TPSA) is 51.7 Å². The summed E-state index contributed by atoms with van der Waals surface area (Å²) in [5.41, 5.74) is 3.21. The van der Waals surface area contributed by atoms with Gasteiger partial charge in [0.25, 0.3) is 0 Å². The van der Waals surface area contributed by atoms with E-state index in [-0.39, 0.29) is 12.3 Å². The van der Waals surface area contributed by atoms with Gasteiger partial charge < -0.3 is 9.47 Å². The zero-order chi connectivity index (χ0) is 22.0. The van der Waals surface area contributed by atoms with Crippen molar-refractivity contribution >= 4 is 49.9 Å². The average Bonchev–Trinajstić information content (AvgIpc) is 3.20. The second kappa shape index (κ2) is 8.96. The highest BCUT2D eigenvalue weighted by atomic mass is 35.5. The number of anilines is 2. The van der Waals surface area contributed by atoms with Gasteiger partial charge in [0, 0.05) is 5.02 Å². The minimum absolute atomic E-state index is 0.114. The summed E-state index contributed by atoms with van der Waals surface area (Å²) < 4.78 is 11.7. The third kappa shape index (κ3) is 4.22. The lowest BCUT2D eigenvalue weighted by Crippen LogP contribution is -2.28. The Morgan fingerprint density at radius 3 is 2.55 bits per heavy atom. The van der Waals surface area contributed by atoms with Crippen molar-refractivity contribution in [2.24, 2.45) is 0 Å². The molecular formula is C24H21ClN2O3S. The molecule has 0 saturated heterocycles. The smallest absolute Gasteiger partial charge is 0.237 e. The summed E-state index contributed by atoms with van der Waals surface area (Å²) in [6, 6.07) is 18.9. The number of nitrogens with zero attached hydrogens (tertiary/aromatic N) is 2. The summed E-state index contributed by atoms with van der Waals surface area (Å²) in [5.74, 6) is 1.09. The molecular weight excluding hydrogens is 432 g/mol. The third-order valence-electron chi connectivity index (χ3n) is 5.01. The van der Waals surface area contributed by atoms with E-state index in [1.807, 2.05) is 61.5 Å². The van der Waals surface area contributed by atoms with Crippen LogP contribution in [0.15, 0.2) is 60.7 Å². The minimum atomic E-state index is -0.114. The van der Waals surface area contributed by atoms with Crippen LogP contribution >= 0.6 is 22.9 Å². The quantitative estimate of drug-likeness (QED) is 0.350. The lowest BCUT2D eigenvalue weighted by molar-refractivity contribution is -0.117. The number of hydrogen-bond donors (Lipinski definition) is 0. The van der Waals surface area contributed by atoms with Gasteiger partial charge >= 0.3 is 0 Å². The van der Waals surface area contributed by atoms with Crippen LogP contribution in [0.25, 0.3) is 10.2 Å². The van der Waals surface area contributed by atoms with Crippen LogP contribution in [-0.4, -0.2) is 25.1 Å². The maximum Gasteiger partial charge on any atom is 0.237 e. The molecule has 1 aromatic heterocycles. The van der Waals surface area contributed by atoms with Crippen LogP contribution in [0.1, 0.15) is 11.1 Å². The molecule has 0 N–H and O–H groups in total. The molecule has 0 radical (unpaired) electrons. The van der Waals surface area contributed by atoms with E-state index >= 15 is 0 Å². The van der Waals surface area contributed by atoms with Crippen molar-refractivity contribution in [1.82, 2.24) is 4.98 Å². The fraction of sp³-hybridized carbons (Fsp3) is 0.167. The van der Waals surface area contributed by atoms with Gasteiger partial charge in [-0.25, -0.2) is 4.98 Å². The Bertz CT molecular complexity index is 1220. The molecule has 0 aliphatic rings. The molecule has 0 unspecified atom stereocenters. The molecule has 4 rings (SSSR count). The monoisotopic (exact) mass is 452 g/mol. The molecule has 7 heteroatoms. The van der Waals surface area contributed by atoms with Gasteiger partial charge in [-0.3, -0.25) is 9.69 Å². The van der Waals surface area contributed by atoms with E-state index in [1.165, 1.54) is 11.3 Å². The van der Waals surface area contributed by atoms with E-state index in [2.05, 4.69) is 0 Å². The summed E-state index contributed by atoms with van der Waals surface area (Å²) >= 11 is 7.85. The van der Waals surface area contributed by atoms with Crippen LogP contribution in [0.2, 0.25) is 5.02 Å². The minimum Gasteiger partial charge on any atom is -0.493 e. The standard InChI is InChI=1S/C24H21ClN2O3S/c1-15-17(25)7-6-9-19(15)27(24-26-18-8-4-5-10-22(18)31-24)23(28)14-16-11-12-20(29-2)21(13-16)30-3/h4-13H,14H2,1-3H3. The number of benzene rings is 3. The van der Waals surface area contributed by atoms with Crippen molar-refractivity contribution in [1.29, 1.82) is 0 Å². The first-order valence-electron chi connectivity index (χ1n) is 9.66. The lowest BCUT2D eigenvalue weighted by Gasteiger charge is -2.22. The van der Waals surface area contributed by atoms with Crippen LogP contribution in [0, 0.1) is 6.92 Å². The maximum absolute atomic E-state index is 13.6. The Morgan fingerprint density at radius 1 is 1.03 bits per heavy atom. The third-order valence-corrected chi connectivity index (χ3v) is 6.44. The number of halogens is 1. The molecule has 5 nitrogen and oxygen atoms in total. The molecule has 0 bridgehead atoms. The number of carbonyl (C=O) groups excluding carboxylic acids is 1. The molecule has 0 aliphatic heterocycles. The van der Waals surface area contributed by atoms with Gasteiger partial charge in [-0.15, -0.1) is 0 Å². The summed E-state index contributed by atoms with van der Waals surface area (Å²) in [4.78, 5) is 20.0. The number of carbonyl (C=O) groups is 1. The van der Waals surface area contributed by atoms with Crippen molar-refractivity contribution < 1.29 is 14.3 Å². The van der Waals surface area contributed by atoms with Gasteiger partial charge in [0.15, 0.2) is 16.6 Å². The Labute approximate surface area is 189 Å². The Balaban J connectivity index is 1.77. The number of aromatic nitrogens is 1. The molecule has 0 fully saturated rings. The number of para-hydroxylation sites is 1. The van der Waals surface area contributed by atoms with Crippen molar-refractivity contribution in [2.45, 2.75) is 13.3 Å². The molecule has 31 heavy (non-hydrogen) atoms. The van der Waals surface area contributed by atoms with E-state index in [1.54, 1.807) is 25.2 Å². The van der Waals surface area contributed by atoms with Crippen molar-refractivity contribution in [3.05, 3.63) is 76.8 Å². The van der Waals surface area contributed by atoms with Crippen LogP contribution in [-0.2, 0) is 11.2 Å². The number of hydrogen-bond acceptors (Lipinski definition) is 5. The van der Waals surface area contributed by atoms with E-state index < -0.39 is 0 Å². The number of thiazole rings is 1. The molecule has 0 aliphatic carbocycles. The highest BCUT2D eigenvalue weighted by Gasteiger charge is 2.24. The van der Waals surface area contributed by atoms with Gasteiger partial charge in [0.1, 0.15) is 0 Å². The van der Waals surface area contributed by atoms with Crippen LogP contribution in [0.3, 0.4) is 0 Å². The van der Waals surface area contributed by atoms with Crippen molar-refractivity contribution in [3.8, 4) is 11.5 Å². The van der Waals surface area contributed by atoms with Gasteiger partial charge in [-0.05, 0) is 54.4 Å². The zero-order valence-corrected chi connectivity index (χ0v) is 19.0. The predicted octanol–water partition coefficient (Wildman–Crippen LogP) is 6.18. The molecule has 4 aromatic rings. The fourth-order valence-corrected chi connectivity index (χ4v) is 4.55. The summed E-state index contributed by atoms with van der Waals surface area (Å²) in [6.07, 6.45) is 0.169. The first-order chi connectivity index (χ1) is 15.0. The molecule has 158 valence electrons. The Morgan fingerprint density at radius 2 is 1.81 bits per heavy atom. The van der Waals surface area contributed by atoms with Gasteiger partial charge in [-0.2, -0.15) is 0 Å². The number of rotatable bonds is 6. The molecule has 0 spiro atoms. The predicted molar refractivity (Wildman–Crippen MR) is 126 cm³/mol. The summed E-state index contributed by atoms with van der Waals surface area (Å²) in [5, 5.41) is 1.21. The van der Waals surface area contributed by atoms with E-state index in [4.69, 9.17) is 26.1 Å². The molecule has 0 saturated carbocycles. The summed E-state index contributed by atoms with van der Waals surface area (Å²) in [6.45, 7) is 1.90. The zero-order valence-electron chi connectivity index (χ0n) is 17.4. The number of fused-ring (bicyclic) bond motifs is 1. The fourth-order valence-electron chi connectivity index (χ4n) is 3.38. The van der Waals surface area contributed by atoms with Gasteiger partial charge in [0.2, 0.25) is 5.91 Å².